The highest BCUT2D eigenvalue weighted by Gasteiger charge is 1.99. The number of rotatable bonds is 4. The molecular weight excluding hydrogens is 232 g/mol. The van der Waals surface area contributed by atoms with Crippen LogP contribution < -0.4 is 4.74 Å². The number of benzene rings is 1. The lowest BCUT2D eigenvalue weighted by Gasteiger charge is -2.01. The van der Waals surface area contributed by atoms with Crippen LogP contribution in [-0.4, -0.2) is 24.6 Å². The summed E-state index contributed by atoms with van der Waals surface area (Å²) < 4.78 is 10.0. The monoisotopic (exact) mass is 244 g/mol. The quantitative estimate of drug-likeness (QED) is 0.663. The molecular formula is C13H12N2O3. The summed E-state index contributed by atoms with van der Waals surface area (Å²) in [5, 5.41) is 17.3. The maximum absolute atomic E-state index is 9.66. The normalized spacial score (nSPS) is 11.4. The van der Waals surface area contributed by atoms with Crippen LogP contribution in [0.15, 0.2) is 51.2 Å². The molecule has 0 fully saturated rings. The van der Waals surface area contributed by atoms with Gasteiger partial charge in [-0.1, -0.05) is 0 Å². The van der Waals surface area contributed by atoms with E-state index in [1.807, 2.05) is 0 Å². The molecule has 0 aliphatic heterocycles. The van der Waals surface area contributed by atoms with Crippen LogP contribution in [0.2, 0.25) is 0 Å². The maximum Gasteiger partial charge on any atom is 0.146 e. The minimum atomic E-state index is 0.0892. The Morgan fingerprint density at radius 1 is 1.22 bits per heavy atom. The second-order valence-corrected chi connectivity index (χ2v) is 3.43. The smallest absolute Gasteiger partial charge is 0.146 e. The van der Waals surface area contributed by atoms with Gasteiger partial charge in [-0.25, -0.2) is 0 Å². The molecule has 2 rings (SSSR count). The third-order valence-corrected chi connectivity index (χ3v) is 2.23. The Labute approximate surface area is 104 Å². The van der Waals surface area contributed by atoms with Gasteiger partial charge in [-0.15, -0.1) is 0 Å². The predicted octanol–water partition coefficient (Wildman–Crippen LogP) is 2.45. The van der Waals surface area contributed by atoms with E-state index in [-0.39, 0.29) is 5.75 Å². The highest BCUT2D eigenvalue weighted by Crippen LogP contribution is 2.21. The highest BCUT2D eigenvalue weighted by atomic mass is 16.5. The van der Waals surface area contributed by atoms with E-state index in [1.165, 1.54) is 25.6 Å². The Morgan fingerprint density at radius 2 is 2.06 bits per heavy atom. The van der Waals surface area contributed by atoms with Crippen molar-refractivity contribution < 1.29 is 14.3 Å². The van der Waals surface area contributed by atoms with Crippen molar-refractivity contribution in [2.24, 2.45) is 10.2 Å². The van der Waals surface area contributed by atoms with Crippen LogP contribution in [-0.2, 0) is 0 Å². The molecule has 0 spiro atoms. The Kier molecular flexibility index (Phi) is 3.76. The Hall–Kier alpha value is -2.56. The lowest BCUT2D eigenvalue weighted by Crippen LogP contribution is -1.86. The zero-order valence-corrected chi connectivity index (χ0v) is 9.78. The van der Waals surface area contributed by atoms with Crippen LogP contribution in [0.3, 0.4) is 0 Å². The van der Waals surface area contributed by atoms with Gasteiger partial charge >= 0.3 is 0 Å². The van der Waals surface area contributed by atoms with E-state index in [0.717, 1.165) is 0 Å². The fraction of sp³-hybridized carbons (Fsp3) is 0.0769. The molecule has 0 unspecified atom stereocenters. The third-order valence-electron chi connectivity index (χ3n) is 2.23. The Balaban J connectivity index is 2.05. The number of furan rings is 1. The van der Waals surface area contributed by atoms with Crippen LogP contribution in [0.1, 0.15) is 11.3 Å². The molecule has 5 heteroatoms. The number of hydrogen-bond donors (Lipinski definition) is 1. The summed E-state index contributed by atoms with van der Waals surface area (Å²) in [6.45, 7) is 0. The number of methoxy groups -OCH3 is 1. The van der Waals surface area contributed by atoms with Gasteiger partial charge in [0.1, 0.15) is 17.3 Å². The maximum atomic E-state index is 9.66. The van der Waals surface area contributed by atoms with Gasteiger partial charge in [-0.3, -0.25) is 0 Å². The number of aromatic hydroxyl groups is 1. The van der Waals surface area contributed by atoms with E-state index in [1.54, 1.807) is 30.5 Å². The van der Waals surface area contributed by atoms with E-state index in [4.69, 9.17) is 9.15 Å². The van der Waals surface area contributed by atoms with Crippen molar-refractivity contribution in [3.05, 3.63) is 47.9 Å². The molecule has 18 heavy (non-hydrogen) atoms. The fourth-order valence-electron chi connectivity index (χ4n) is 1.31. The largest absolute Gasteiger partial charge is 0.507 e. The van der Waals surface area contributed by atoms with E-state index in [9.17, 15) is 5.11 Å². The molecule has 0 saturated carbocycles. The van der Waals surface area contributed by atoms with Crippen LogP contribution in [0, 0.1) is 0 Å². The Bertz CT molecular complexity index is 560. The van der Waals surface area contributed by atoms with Gasteiger partial charge in [0.05, 0.1) is 25.8 Å². The first-order valence-corrected chi connectivity index (χ1v) is 5.26. The molecule has 0 aliphatic carbocycles. The van der Waals surface area contributed by atoms with E-state index in [0.29, 0.717) is 17.1 Å². The van der Waals surface area contributed by atoms with Gasteiger partial charge in [0.2, 0.25) is 0 Å². The molecule has 1 N–H and O–H groups in total. The molecule has 0 radical (unpaired) electrons. The summed E-state index contributed by atoms with van der Waals surface area (Å²) in [4.78, 5) is 0. The van der Waals surface area contributed by atoms with Crippen molar-refractivity contribution in [1.82, 2.24) is 0 Å². The number of hydrogen-bond acceptors (Lipinski definition) is 5. The third kappa shape index (κ3) is 2.98. The lowest BCUT2D eigenvalue weighted by molar-refractivity contribution is 0.407. The zero-order valence-electron chi connectivity index (χ0n) is 9.78. The molecule has 92 valence electrons. The number of nitrogens with zero attached hydrogens (tertiary/aromatic N) is 2. The average Bonchev–Trinajstić information content (AvgIpc) is 2.89. The molecule has 1 heterocycles. The topological polar surface area (TPSA) is 67.3 Å². The van der Waals surface area contributed by atoms with Crippen LogP contribution >= 0.6 is 0 Å². The Morgan fingerprint density at radius 3 is 2.72 bits per heavy atom. The average molecular weight is 244 g/mol. The minimum Gasteiger partial charge on any atom is -0.507 e. The van der Waals surface area contributed by atoms with Crippen molar-refractivity contribution in [3.63, 3.8) is 0 Å². The summed E-state index contributed by atoms with van der Waals surface area (Å²) >= 11 is 0. The molecule has 0 aliphatic rings. The molecule has 5 nitrogen and oxygen atoms in total. The predicted molar refractivity (Wildman–Crippen MR) is 68.6 cm³/mol. The fourth-order valence-corrected chi connectivity index (χ4v) is 1.31. The van der Waals surface area contributed by atoms with E-state index in [2.05, 4.69) is 10.2 Å². The van der Waals surface area contributed by atoms with Crippen molar-refractivity contribution in [3.8, 4) is 11.5 Å². The molecule has 0 atom stereocenters. The van der Waals surface area contributed by atoms with Gasteiger partial charge in [0, 0.05) is 11.6 Å². The lowest BCUT2D eigenvalue weighted by atomic mass is 10.2. The number of ether oxygens (including phenoxy) is 1. The van der Waals surface area contributed by atoms with Gasteiger partial charge in [0.15, 0.2) is 0 Å². The summed E-state index contributed by atoms with van der Waals surface area (Å²) in [5.41, 5.74) is 0.562. The van der Waals surface area contributed by atoms with Crippen LogP contribution in [0.4, 0.5) is 0 Å². The van der Waals surface area contributed by atoms with E-state index >= 15 is 0 Å². The minimum absolute atomic E-state index is 0.0892. The summed E-state index contributed by atoms with van der Waals surface area (Å²) in [5.74, 6) is 1.29. The summed E-state index contributed by atoms with van der Waals surface area (Å²) in [7, 11) is 1.54. The number of phenols is 1. The molecule has 0 amide bonds. The summed E-state index contributed by atoms with van der Waals surface area (Å²) in [6.07, 6.45) is 4.49. The standard InChI is InChI=1S/C13H12N2O3/c1-17-11-5-4-10(13(16)7-11)8-14-15-9-12-3-2-6-18-12/h2-9,16H,1H3/b14-8+,15-9-. The molecule has 1 aromatic carbocycles. The first kappa shape index (κ1) is 11.9. The van der Waals surface area contributed by atoms with E-state index < -0.39 is 0 Å². The highest BCUT2D eigenvalue weighted by molar-refractivity contribution is 5.84. The van der Waals surface area contributed by atoms with Gasteiger partial charge in [-0.2, -0.15) is 10.2 Å². The van der Waals surface area contributed by atoms with Crippen molar-refractivity contribution >= 4 is 12.4 Å². The van der Waals surface area contributed by atoms with Crippen molar-refractivity contribution in [2.75, 3.05) is 7.11 Å². The second kappa shape index (κ2) is 5.67. The SMILES string of the molecule is COc1ccc(/C=N/N=C\c2ccco2)c(O)c1. The van der Waals surface area contributed by atoms with Crippen molar-refractivity contribution in [2.45, 2.75) is 0 Å². The molecule has 1 aromatic heterocycles. The van der Waals surface area contributed by atoms with Crippen LogP contribution in [0.25, 0.3) is 0 Å². The first-order chi connectivity index (χ1) is 8.79. The zero-order chi connectivity index (χ0) is 12.8. The van der Waals surface area contributed by atoms with Gasteiger partial charge < -0.3 is 14.3 Å². The van der Waals surface area contributed by atoms with Crippen LogP contribution in [0.5, 0.6) is 11.5 Å². The molecule has 0 saturated heterocycles. The molecule has 2 aromatic rings. The van der Waals surface area contributed by atoms with Gasteiger partial charge in [-0.05, 0) is 24.3 Å². The second-order valence-electron chi connectivity index (χ2n) is 3.43. The van der Waals surface area contributed by atoms with Crippen molar-refractivity contribution in [1.29, 1.82) is 0 Å². The first-order valence-electron chi connectivity index (χ1n) is 5.26. The molecule has 0 bridgehead atoms. The number of phenolic OH excluding ortho intramolecular Hbond substituents is 1. The summed E-state index contributed by atoms with van der Waals surface area (Å²) in [6, 6.07) is 8.47. The van der Waals surface area contributed by atoms with Gasteiger partial charge in [0.25, 0.3) is 0 Å².